The maximum Gasteiger partial charge on any atom is 0.510 e. The van der Waals surface area contributed by atoms with Crippen molar-refractivity contribution in [3.63, 3.8) is 0 Å². The van der Waals surface area contributed by atoms with Crippen LogP contribution in [0.2, 0.25) is 0 Å². The summed E-state index contributed by atoms with van der Waals surface area (Å²) in [5, 5.41) is 0. The van der Waals surface area contributed by atoms with Crippen LogP contribution in [0, 0.1) is 5.92 Å². The molecule has 0 unspecified atom stereocenters. The summed E-state index contributed by atoms with van der Waals surface area (Å²) in [4.78, 5) is -2.29. The van der Waals surface area contributed by atoms with E-state index in [0.29, 0.717) is 17.0 Å². The molecule has 0 spiro atoms. The molecule has 0 radical (unpaired) electrons. The highest BCUT2D eigenvalue weighted by Crippen LogP contribution is 3.06. The van der Waals surface area contributed by atoms with Crippen LogP contribution in [-0.4, -0.2) is 5.51 Å². The standard InChI is InChI=1S/C22H25F7S/c1-2-3-16-4-6-17(7-5-16)18-8-10-19(11-9-18)20-12-14-21(15-13-20)30(26,27,28,29)22(23,24)25/h8-17H,2-7H2,1H3. The second kappa shape index (κ2) is 7.18. The summed E-state index contributed by atoms with van der Waals surface area (Å²) in [5.74, 6) is 1.22. The Kier molecular flexibility index (Phi) is 5.49. The summed E-state index contributed by atoms with van der Waals surface area (Å²) in [5.41, 5.74) is -4.90. The lowest BCUT2D eigenvalue weighted by Gasteiger charge is -2.50. The molecule has 0 atom stereocenters. The molecule has 0 heterocycles. The zero-order valence-electron chi connectivity index (χ0n) is 16.6. The van der Waals surface area contributed by atoms with E-state index in [1.54, 1.807) is 12.1 Å². The van der Waals surface area contributed by atoms with Gasteiger partial charge >= 0.3 is 5.51 Å². The summed E-state index contributed by atoms with van der Waals surface area (Å²) in [6, 6.07) is 9.43. The van der Waals surface area contributed by atoms with Crippen molar-refractivity contribution in [2.24, 2.45) is 5.92 Å². The molecule has 1 saturated carbocycles. The van der Waals surface area contributed by atoms with E-state index in [1.807, 2.05) is 12.1 Å². The van der Waals surface area contributed by atoms with E-state index < -0.39 is 20.2 Å². The Bertz CT molecular complexity index is 871. The number of alkyl halides is 3. The Morgan fingerprint density at radius 1 is 0.767 bits per heavy atom. The number of hydrogen-bond donors (Lipinski definition) is 0. The first-order valence-electron chi connectivity index (χ1n) is 10.0. The Labute approximate surface area is 171 Å². The van der Waals surface area contributed by atoms with Gasteiger partial charge in [0.15, 0.2) is 0 Å². The molecule has 1 aliphatic rings. The SMILES string of the molecule is CCCC1CCC(c2ccc(-c3ccc(S(F)(F)(F)(F)C(F)(F)F)cc3)cc2)CC1. The minimum Gasteiger partial charge on any atom is -0.155 e. The topological polar surface area (TPSA) is 0 Å². The van der Waals surface area contributed by atoms with E-state index in [1.165, 1.54) is 25.7 Å². The molecule has 0 aliphatic heterocycles. The van der Waals surface area contributed by atoms with Gasteiger partial charge in [-0.15, -0.1) is 15.5 Å². The van der Waals surface area contributed by atoms with Crippen LogP contribution < -0.4 is 0 Å². The van der Waals surface area contributed by atoms with Crippen molar-refractivity contribution in [3.05, 3.63) is 54.1 Å². The summed E-state index contributed by atoms with van der Waals surface area (Å²) < 4.78 is 91.9. The van der Waals surface area contributed by atoms with Gasteiger partial charge in [-0.2, -0.15) is 13.2 Å². The molecule has 1 fully saturated rings. The van der Waals surface area contributed by atoms with Crippen molar-refractivity contribution in [1.29, 1.82) is 0 Å². The molecule has 0 saturated heterocycles. The van der Waals surface area contributed by atoms with Gasteiger partial charge in [0.2, 0.25) is 0 Å². The number of rotatable bonds is 5. The van der Waals surface area contributed by atoms with E-state index in [-0.39, 0.29) is 12.1 Å². The molecule has 8 heteroatoms. The zero-order valence-corrected chi connectivity index (χ0v) is 17.4. The minimum atomic E-state index is -10.4. The molecular weight excluding hydrogens is 429 g/mol. The summed E-state index contributed by atoms with van der Waals surface area (Å²) >= 11 is 0. The summed E-state index contributed by atoms with van der Waals surface area (Å²) in [6.45, 7) is 2.18. The molecule has 0 N–H and O–H groups in total. The van der Waals surface area contributed by atoms with Crippen LogP contribution in [0.25, 0.3) is 11.1 Å². The van der Waals surface area contributed by atoms with E-state index in [0.717, 1.165) is 36.5 Å². The Hall–Kier alpha value is -1.70. The maximum absolute atomic E-state index is 13.6. The van der Waals surface area contributed by atoms with Crippen molar-refractivity contribution in [2.45, 2.75) is 61.8 Å². The van der Waals surface area contributed by atoms with Crippen LogP contribution in [-0.2, 0) is 0 Å². The van der Waals surface area contributed by atoms with Gasteiger partial charge in [0, 0.05) is 0 Å². The quantitative estimate of drug-likeness (QED) is 0.395. The highest BCUT2D eigenvalue weighted by molar-refractivity contribution is 8.50. The van der Waals surface area contributed by atoms with Gasteiger partial charge in [0.05, 0.1) is 4.90 Å². The van der Waals surface area contributed by atoms with Gasteiger partial charge in [0.25, 0.3) is 9.84 Å². The first-order chi connectivity index (χ1) is 13.8. The molecule has 168 valence electrons. The Morgan fingerprint density at radius 2 is 1.23 bits per heavy atom. The van der Waals surface area contributed by atoms with Crippen molar-refractivity contribution in [1.82, 2.24) is 0 Å². The molecule has 30 heavy (non-hydrogen) atoms. The highest BCUT2D eigenvalue weighted by Gasteiger charge is 2.84. The summed E-state index contributed by atoms with van der Waals surface area (Å²) in [6.07, 6.45) is 7.01. The van der Waals surface area contributed by atoms with Crippen LogP contribution in [0.1, 0.15) is 56.9 Å². The first-order valence-corrected chi connectivity index (χ1v) is 12.1. The third kappa shape index (κ3) is 4.07. The third-order valence-corrected chi connectivity index (χ3v) is 8.21. The Balaban J connectivity index is 1.77. The van der Waals surface area contributed by atoms with Crippen molar-refractivity contribution >= 4 is 9.84 Å². The second-order valence-corrected chi connectivity index (χ2v) is 11.2. The fourth-order valence-electron chi connectivity index (χ4n) is 4.20. The molecule has 0 bridgehead atoms. The molecule has 0 amide bonds. The molecule has 0 nitrogen and oxygen atoms in total. The van der Waals surface area contributed by atoms with Gasteiger partial charge < -0.3 is 0 Å². The van der Waals surface area contributed by atoms with Gasteiger partial charge in [0.1, 0.15) is 0 Å². The fourth-order valence-corrected chi connectivity index (χ4v) is 5.15. The normalized spacial score (nSPS) is 22.9. The molecule has 0 aromatic heterocycles. The number of hydrogen-bond acceptors (Lipinski definition) is 0. The van der Waals surface area contributed by atoms with E-state index in [2.05, 4.69) is 6.92 Å². The van der Waals surface area contributed by atoms with Gasteiger partial charge in [-0.1, -0.05) is 56.2 Å². The van der Waals surface area contributed by atoms with Gasteiger partial charge in [-0.3, -0.25) is 0 Å². The molecule has 2 aromatic rings. The van der Waals surface area contributed by atoms with Crippen LogP contribution in [0.15, 0.2) is 53.4 Å². The Morgan fingerprint density at radius 3 is 1.67 bits per heavy atom. The van der Waals surface area contributed by atoms with E-state index >= 15 is 0 Å². The predicted octanol–water partition coefficient (Wildman–Crippen LogP) is 9.72. The smallest absolute Gasteiger partial charge is 0.155 e. The lowest BCUT2D eigenvalue weighted by atomic mass is 9.77. The molecule has 1 aliphatic carbocycles. The number of benzene rings is 2. The largest absolute Gasteiger partial charge is 0.510 e. The van der Waals surface area contributed by atoms with Crippen molar-refractivity contribution in [2.75, 3.05) is 0 Å². The van der Waals surface area contributed by atoms with Crippen molar-refractivity contribution < 1.29 is 28.7 Å². The fraction of sp³-hybridized carbons (Fsp3) is 0.455. The first kappa shape index (κ1) is 23.0. The van der Waals surface area contributed by atoms with Crippen LogP contribution in [0.4, 0.5) is 28.7 Å². The van der Waals surface area contributed by atoms with Crippen LogP contribution in [0.5, 0.6) is 0 Å². The van der Waals surface area contributed by atoms with Crippen LogP contribution in [0.3, 0.4) is 0 Å². The number of halogens is 7. The lowest BCUT2D eigenvalue weighted by Crippen LogP contribution is -2.32. The average molecular weight is 454 g/mol. The minimum absolute atomic E-state index is 0.174. The predicted molar refractivity (Wildman–Crippen MR) is 108 cm³/mol. The second-order valence-electron chi connectivity index (χ2n) is 8.17. The molecule has 2 aromatic carbocycles. The molecular formula is C22H25F7S. The highest BCUT2D eigenvalue weighted by atomic mass is 32.5. The van der Waals surface area contributed by atoms with Gasteiger partial charge in [-0.05, 0) is 66.3 Å². The van der Waals surface area contributed by atoms with Gasteiger partial charge in [-0.25, -0.2) is 0 Å². The lowest BCUT2D eigenvalue weighted by molar-refractivity contribution is -0.0709. The zero-order chi connectivity index (χ0) is 22.3. The summed E-state index contributed by atoms with van der Waals surface area (Å²) in [7, 11) is -10.4. The third-order valence-electron chi connectivity index (χ3n) is 6.05. The van der Waals surface area contributed by atoms with E-state index in [4.69, 9.17) is 0 Å². The maximum atomic E-state index is 13.6. The van der Waals surface area contributed by atoms with E-state index in [9.17, 15) is 28.7 Å². The van der Waals surface area contributed by atoms with Crippen molar-refractivity contribution in [3.8, 4) is 11.1 Å². The monoisotopic (exact) mass is 454 g/mol. The molecule has 3 rings (SSSR count). The average Bonchev–Trinajstić information content (AvgIpc) is 2.67. The van der Waals surface area contributed by atoms with Crippen LogP contribution >= 0.6 is 9.84 Å².